The Bertz CT molecular complexity index is 382. The van der Waals surface area contributed by atoms with Crippen molar-refractivity contribution in [3.63, 3.8) is 0 Å². The molecule has 16 heavy (non-hydrogen) atoms. The summed E-state index contributed by atoms with van der Waals surface area (Å²) in [6, 6.07) is 8.27. The lowest BCUT2D eigenvalue weighted by Gasteiger charge is -2.19. The fourth-order valence-corrected chi connectivity index (χ4v) is 2.02. The lowest BCUT2D eigenvalue weighted by molar-refractivity contribution is 0.169. The normalized spacial score (nSPS) is 17.5. The van der Waals surface area contributed by atoms with Crippen LogP contribution in [0.15, 0.2) is 36.1 Å². The van der Waals surface area contributed by atoms with Crippen molar-refractivity contribution < 1.29 is 9.84 Å². The van der Waals surface area contributed by atoms with Crippen molar-refractivity contribution >= 4 is 0 Å². The summed E-state index contributed by atoms with van der Waals surface area (Å²) < 4.78 is 5.24. The number of rotatable bonds is 3. The van der Waals surface area contributed by atoms with Crippen LogP contribution in [-0.4, -0.2) is 17.8 Å². The maximum atomic E-state index is 10.1. The number of aryl methyl sites for hydroxylation is 1. The Labute approximate surface area is 96.6 Å². The van der Waals surface area contributed by atoms with Crippen LogP contribution < -0.4 is 0 Å². The molecule has 0 saturated carbocycles. The summed E-state index contributed by atoms with van der Waals surface area (Å²) in [5.41, 5.74) is 3.44. The van der Waals surface area contributed by atoms with Gasteiger partial charge in [-0.05, 0) is 30.9 Å². The van der Waals surface area contributed by atoms with Crippen molar-refractivity contribution in [2.45, 2.75) is 32.3 Å². The van der Waals surface area contributed by atoms with Crippen LogP contribution in [0, 0.1) is 6.92 Å². The summed E-state index contributed by atoms with van der Waals surface area (Å²) in [5, 5.41) is 10.1. The average molecular weight is 218 g/mol. The molecule has 1 aromatic carbocycles. The van der Waals surface area contributed by atoms with Crippen LogP contribution in [0.5, 0.6) is 0 Å². The SMILES string of the molecule is Cc1cccc(CC(O)C2=COCCC2)c1. The van der Waals surface area contributed by atoms with Crippen LogP contribution >= 0.6 is 0 Å². The third-order valence-corrected chi connectivity index (χ3v) is 2.90. The monoisotopic (exact) mass is 218 g/mol. The zero-order valence-corrected chi connectivity index (χ0v) is 9.65. The molecule has 86 valence electrons. The predicted octanol–water partition coefficient (Wildman–Crippen LogP) is 2.59. The number of hydrogen-bond acceptors (Lipinski definition) is 2. The van der Waals surface area contributed by atoms with E-state index in [0.29, 0.717) is 6.42 Å². The largest absolute Gasteiger partial charge is 0.501 e. The van der Waals surface area contributed by atoms with E-state index in [2.05, 4.69) is 25.1 Å². The van der Waals surface area contributed by atoms with Crippen molar-refractivity contribution in [3.05, 3.63) is 47.2 Å². The van der Waals surface area contributed by atoms with Gasteiger partial charge in [0.1, 0.15) is 0 Å². The molecule has 0 saturated heterocycles. The van der Waals surface area contributed by atoms with Gasteiger partial charge in [-0.3, -0.25) is 0 Å². The molecule has 0 radical (unpaired) electrons. The maximum absolute atomic E-state index is 10.1. The standard InChI is InChI=1S/C14H18O2/c1-11-4-2-5-12(8-11)9-14(15)13-6-3-7-16-10-13/h2,4-5,8,10,14-15H,3,6-7,9H2,1H3. The number of hydrogen-bond donors (Lipinski definition) is 1. The summed E-state index contributed by atoms with van der Waals surface area (Å²) in [4.78, 5) is 0. The Morgan fingerprint density at radius 1 is 1.44 bits per heavy atom. The van der Waals surface area contributed by atoms with E-state index in [4.69, 9.17) is 4.74 Å². The quantitative estimate of drug-likeness (QED) is 0.845. The molecule has 0 amide bonds. The second-order valence-corrected chi connectivity index (χ2v) is 4.38. The highest BCUT2D eigenvalue weighted by Crippen LogP contribution is 2.19. The first-order chi connectivity index (χ1) is 7.75. The first kappa shape index (κ1) is 11.2. The molecular formula is C14H18O2. The van der Waals surface area contributed by atoms with E-state index >= 15 is 0 Å². The molecule has 2 rings (SSSR count). The van der Waals surface area contributed by atoms with Gasteiger partial charge in [0, 0.05) is 6.42 Å². The first-order valence-electron chi connectivity index (χ1n) is 5.80. The van der Waals surface area contributed by atoms with Gasteiger partial charge in [-0.15, -0.1) is 0 Å². The zero-order chi connectivity index (χ0) is 11.4. The molecule has 1 unspecified atom stereocenters. The zero-order valence-electron chi connectivity index (χ0n) is 9.65. The molecule has 2 heteroatoms. The minimum Gasteiger partial charge on any atom is -0.501 e. The molecule has 1 aliphatic heterocycles. The van der Waals surface area contributed by atoms with Crippen LogP contribution in [0.3, 0.4) is 0 Å². The Kier molecular flexibility index (Phi) is 3.62. The highest BCUT2D eigenvalue weighted by Gasteiger charge is 2.14. The van der Waals surface area contributed by atoms with Crippen LogP contribution in [0.1, 0.15) is 24.0 Å². The molecule has 0 spiro atoms. The Morgan fingerprint density at radius 3 is 3.00 bits per heavy atom. The Hall–Kier alpha value is -1.28. The molecule has 1 N–H and O–H groups in total. The lowest BCUT2D eigenvalue weighted by atomic mass is 9.97. The van der Waals surface area contributed by atoms with Crippen LogP contribution in [0.2, 0.25) is 0 Å². The lowest BCUT2D eigenvalue weighted by Crippen LogP contribution is -2.17. The van der Waals surface area contributed by atoms with Gasteiger partial charge >= 0.3 is 0 Å². The number of benzene rings is 1. The highest BCUT2D eigenvalue weighted by molar-refractivity contribution is 5.24. The molecule has 0 fully saturated rings. The van der Waals surface area contributed by atoms with E-state index < -0.39 is 6.10 Å². The van der Waals surface area contributed by atoms with E-state index in [1.165, 1.54) is 11.1 Å². The number of aliphatic hydroxyl groups excluding tert-OH is 1. The topological polar surface area (TPSA) is 29.5 Å². The van der Waals surface area contributed by atoms with Crippen LogP contribution in [0.25, 0.3) is 0 Å². The van der Waals surface area contributed by atoms with Crippen molar-refractivity contribution in [3.8, 4) is 0 Å². The van der Waals surface area contributed by atoms with Crippen molar-refractivity contribution in [2.24, 2.45) is 0 Å². The molecule has 1 aromatic rings. The highest BCUT2D eigenvalue weighted by atomic mass is 16.5. The number of aliphatic hydroxyl groups is 1. The summed E-state index contributed by atoms with van der Waals surface area (Å²) >= 11 is 0. The minimum atomic E-state index is -0.401. The van der Waals surface area contributed by atoms with Crippen molar-refractivity contribution in [1.29, 1.82) is 0 Å². The molecule has 0 aliphatic carbocycles. The van der Waals surface area contributed by atoms with Gasteiger partial charge in [0.25, 0.3) is 0 Å². The van der Waals surface area contributed by atoms with Gasteiger partial charge in [0.2, 0.25) is 0 Å². The van der Waals surface area contributed by atoms with Gasteiger partial charge in [-0.2, -0.15) is 0 Å². The molecule has 1 heterocycles. The van der Waals surface area contributed by atoms with Gasteiger partial charge in [0.05, 0.1) is 19.0 Å². The van der Waals surface area contributed by atoms with E-state index in [-0.39, 0.29) is 0 Å². The Balaban J connectivity index is 2.01. The fraction of sp³-hybridized carbons (Fsp3) is 0.429. The third-order valence-electron chi connectivity index (χ3n) is 2.90. The van der Waals surface area contributed by atoms with E-state index in [9.17, 15) is 5.11 Å². The van der Waals surface area contributed by atoms with Crippen molar-refractivity contribution in [1.82, 2.24) is 0 Å². The van der Waals surface area contributed by atoms with E-state index in [0.717, 1.165) is 25.0 Å². The molecule has 0 bridgehead atoms. The van der Waals surface area contributed by atoms with Gasteiger partial charge in [0.15, 0.2) is 0 Å². The van der Waals surface area contributed by atoms with Crippen LogP contribution in [0.4, 0.5) is 0 Å². The van der Waals surface area contributed by atoms with Gasteiger partial charge in [-0.1, -0.05) is 29.8 Å². The second-order valence-electron chi connectivity index (χ2n) is 4.38. The molecular weight excluding hydrogens is 200 g/mol. The van der Waals surface area contributed by atoms with Gasteiger partial charge in [-0.25, -0.2) is 0 Å². The summed E-state index contributed by atoms with van der Waals surface area (Å²) in [6.07, 6.45) is 3.96. The summed E-state index contributed by atoms with van der Waals surface area (Å²) in [6.45, 7) is 2.85. The average Bonchev–Trinajstić information content (AvgIpc) is 2.30. The molecule has 1 aliphatic rings. The minimum absolute atomic E-state index is 0.401. The van der Waals surface area contributed by atoms with Gasteiger partial charge < -0.3 is 9.84 Å². The molecule has 1 atom stereocenters. The van der Waals surface area contributed by atoms with Crippen molar-refractivity contribution in [2.75, 3.05) is 6.61 Å². The van der Waals surface area contributed by atoms with E-state index in [1.54, 1.807) is 6.26 Å². The predicted molar refractivity (Wildman–Crippen MR) is 64.2 cm³/mol. The Morgan fingerprint density at radius 2 is 2.31 bits per heavy atom. The maximum Gasteiger partial charge on any atom is 0.0876 e. The molecule has 2 nitrogen and oxygen atoms in total. The van der Waals surface area contributed by atoms with E-state index in [1.807, 2.05) is 6.07 Å². The summed E-state index contributed by atoms with van der Waals surface area (Å²) in [7, 11) is 0. The molecule has 0 aromatic heterocycles. The fourth-order valence-electron chi connectivity index (χ4n) is 2.02. The third kappa shape index (κ3) is 2.86. The van der Waals surface area contributed by atoms with Crippen LogP contribution in [-0.2, 0) is 11.2 Å². The summed E-state index contributed by atoms with van der Waals surface area (Å²) in [5.74, 6) is 0. The smallest absolute Gasteiger partial charge is 0.0876 e. The second kappa shape index (κ2) is 5.17. The first-order valence-corrected chi connectivity index (χ1v) is 5.80. The number of ether oxygens (including phenoxy) is 1.